The van der Waals surface area contributed by atoms with Crippen molar-refractivity contribution in [2.45, 2.75) is 37.0 Å². The van der Waals surface area contributed by atoms with E-state index in [-0.39, 0.29) is 0 Å². The molecule has 1 aliphatic rings. The Morgan fingerprint density at radius 1 is 1.15 bits per heavy atom. The first kappa shape index (κ1) is 13.6. The van der Waals surface area contributed by atoms with Crippen LogP contribution in [-0.4, -0.2) is 22.5 Å². The van der Waals surface area contributed by atoms with Crippen molar-refractivity contribution < 1.29 is 0 Å². The SMILES string of the molecule is CSC1CCC(Nc2ccc(N)c3cnccc23)CC1. The van der Waals surface area contributed by atoms with Gasteiger partial charge in [0.25, 0.3) is 0 Å². The highest BCUT2D eigenvalue weighted by atomic mass is 32.2. The normalized spacial score (nSPS) is 22.9. The molecule has 0 aliphatic heterocycles. The summed E-state index contributed by atoms with van der Waals surface area (Å²) in [5.74, 6) is 0. The lowest BCUT2D eigenvalue weighted by atomic mass is 9.94. The van der Waals surface area contributed by atoms with E-state index < -0.39 is 0 Å². The molecule has 0 bridgehead atoms. The monoisotopic (exact) mass is 287 g/mol. The maximum Gasteiger partial charge on any atom is 0.0424 e. The summed E-state index contributed by atoms with van der Waals surface area (Å²) in [6, 6.07) is 6.69. The van der Waals surface area contributed by atoms with E-state index in [0.717, 1.165) is 16.3 Å². The second kappa shape index (κ2) is 5.92. The van der Waals surface area contributed by atoms with Crippen LogP contribution in [0, 0.1) is 0 Å². The van der Waals surface area contributed by atoms with Gasteiger partial charge in [-0.3, -0.25) is 4.98 Å². The summed E-state index contributed by atoms with van der Waals surface area (Å²) in [5, 5.41) is 6.76. The molecule has 106 valence electrons. The summed E-state index contributed by atoms with van der Waals surface area (Å²) in [5.41, 5.74) is 8.00. The lowest BCUT2D eigenvalue weighted by Crippen LogP contribution is -2.27. The Labute approximate surface area is 124 Å². The van der Waals surface area contributed by atoms with E-state index in [9.17, 15) is 0 Å². The van der Waals surface area contributed by atoms with E-state index in [1.165, 1.54) is 36.8 Å². The lowest BCUT2D eigenvalue weighted by molar-refractivity contribution is 0.473. The third kappa shape index (κ3) is 2.70. The number of nitrogen functional groups attached to an aromatic ring is 1. The van der Waals surface area contributed by atoms with Crippen molar-refractivity contribution in [1.82, 2.24) is 4.98 Å². The van der Waals surface area contributed by atoms with Gasteiger partial charge in [-0.25, -0.2) is 0 Å². The molecule has 0 spiro atoms. The number of anilines is 2. The molecule has 3 rings (SSSR count). The van der Waals surface area contributed by atoms with Crippen molar-refractivity contribution in [2.75, 3.05) is 17.3 Å². The van der Waals surface area contributed by atoms with Crippen LogP contribution in [0.25, 0.3) is 10.8 Å². The predicted octanol–water partition coefficient (Wildman–Crippen LogP) is 3.90. The average molecular weight is 287 g/mol. The number of nitrogens with one attached hydrogen (secondary N) is 1. The van der Waals surface area contributed by atoms with E-state index in [1.807, 2.05) is 36.3 Å². The van der Waals surface area contributed by atoms with Crippen LogP contribution in [-0.2, 0) is 0 Å². The first-order valence-electron chi connectivity index (χ1n) is 7.19. The number of fused-ring (bicyclic) bond motifs is 1. The largest absolute Gasteiger partial charge is 0.398 e. The summed E-state index contributed by atoms with van der Waals surface area (Å²) in [4.78, 5) is 4.17. The van der Waals surface area contributed by atoms with Crippen molar-refractivity contribution in [2.24, 2.45) is 0 Å². The van der Waals surface area contributed by atoms with E-state index in [0.29, 0.717) is 6.04 Å². The van der Waals surface area contributed by atoms with E-state index in [2.05, 4.69) is 22.6 Å². The molecule has 3 N–H and O–H groups in total. The number of rotatable bonds is 3. The molecule has 4 heteroatoms. The van der Waals surface area contributed by atoms with Gasteiger partial charge in [0.05, 0.1) is 0 Å². The molecule has 1 heterocycles. The first-order chi connectivity index (χ1) is 9.78. The standard InChI is InChI=1S/C16H21N3S/c1-20-12-4-2-11(3-5-12)19-16-7-6-15(17)14-10-18-9-8-13(14)16/h6-12,19H,2-5,17H2,1H3. The number of thioether (sulfide) groups is 1. The first-order valence-corrected chi connectivity index (χ1v) is 8.48. The Morgan fingerprint density at radius 3 is 2.70 bits per heavy atom. The van der Waals surface area contributed by atoms with E-state index in [1.54, 1.807) is 0 Å². The minimum absolute atomic E-state index is 0.582. The van der Waals surface area contributed by atoms with Gasteiger partial charge in [-0.15, -0.1) is 0 Å². The van der Waals surface area contributed by atoms with Crippen LogP contribution >= 0.6 is 11.8 Å². The molecule has 0 radical (unpaired) electrons. The molecule has 0 atom stereocenters. The van der Waals surface area contributed by atoms with E-state index >= 15 is 0 Å². The van der Waals surface area contributed by atoms with Crippen molar-refractivity contribution in [3.05, 3.63) is 30.6 Å². The maximum atomic E-state index is 6.02. The summed E-state index contributed by atoms with van der Waals surface area (Å²) >= 11 is 2.01. The molecule has 1 aromatic carbocycles. The molecule has 0 amide bonds. The second-order valence-electron chi connectivity index (χ2n) is 5.48. The van der Waals surface area contributed by atoms with Gasteiger partial charge in [0.2, 0.25) is 0 Å². The Kier molecular flexibility index (Phi) is 4.01. The van der Waals surface area contributed by atoms with Gasteiger partial charge in [0, 0.05) is 45.8 Å². The zero-order valence-corrected chi connectivity index (χ0v) is 12.6. The quantitative estimate of drug-likeness (QED) is 0.841. The minimum Gasteiger partial charge on any atom is -0.398 e. The lowest BCUT2D eigenvalue weighted by Gasteiger charge is -2.29. The number of pyridine rings is 1. The van der Waals surface area contributed by atoms with Crippen molar-refractivity contribution in [3.63, 3.8) is 0 Å². The zero-order chi connectivity index (χ0) is 13.9. The maximum absolute atomic E-state index is 6.02. The van der Waals surface area contributed by atoms with Crippen molar-refractivity contribution in [3.8, 4) is 0 Å². The topological polar surface area (TPSA) is 50.9 Å². The van der Waals surface area contributed by atoms with Crippen LogP contribution in [0.1, 0.15) is 25.7 Å². The van der Waals surface area contributed by atoms with Crippen LogP contribution in [0.2, 0.25) is 0 Å². The highest BCUT2D eigenvalue weighted by molar-refractivity contribution is 7.99. The number of hydrogen-bond donors (Lipinski definition) is 2. The van der Waals surface area contributed by atoms with Crippen LogP contribution in [0.15, 0.2) is 30.6 Å². The third-order valence-electron chi connectivity index (χ3n) is 4.22. The fraction of sp³-hybridized carbons (Fsp3) is 0.438. The van der Waals surface area contributed by atoms with Crippen LogP contribution < -0.4 is 11.1 Å². The molecule has 1 aliphatic carbocycles. The highest BCUT2D eigenvalue weighted by Gasteiger charge is 2.20. The van der Waals surface area contributed by atoms with Gasteiger partial charge < -0.3 is 11.1 Å². The molecule has 1 fully saturated rings. The fourth-order valence-corrected chi connectivity index (χ4v) is 3.74. The summed E-state index contributed by atoms with van der Waals surface area (Å²) in [6.07, 6.45) is 11.0. The molecular weight excluding hydrogens is 266 g/mol. The Morgan fingerprint density at radius 2 is 1.95 bits per heavy atom. The number of nitrogens with two attached hydrogens (primary N) is 1. The number of aromatic nitrogens is 1. The molecule has 2 aromatic rings. The van der Waals surface area contributed by atoms with Crippen LogP contribution in [0.3, 0.4) is 0 Å². The summed E-state index contributed by atoms with van der Waals surface area (Å²) < 4.78 is 0. The molecule has 0 saturated heterocycles. The summed E-state index contributed by atoms with van der Waals surface area (Å²) in [7, 11) is 0. The van der Waals surface area contributed by atoms with E-state index in [4.69, 9.17) is 5.73 Å². The number of nitrogens with zero attached hydrogens (tertiary/aromatic N) is 1. The van der Waals surface area contributed by atoms with Gasteiger partial charge in [-0.2, -0.15) is 11.8 Å². The zero-order valence-electron chi connectivity index (χ0n) is 11.8. The van der Waals surface area contributed by atoms with Gasteiger partial charge in [-0.05, 0) is 50.1 Å². The predicted molar refractivity (Wildman–Crippen MR) is 89.3 cm³/mol. The molecular formula is C16H21N3S. The fourth-order valence-electron chi connectivity index (χ4n) is 3.00. The van der Waals surface area contributed by atoms with Gasteiger partial charge in [-0.1, -0.05) is 0 Å². The van der Waals surface area contributed by atoms with Crippen molar-refractivity contribution >= 4 is 33.9 Å². The van der Waals surface area contributed by atoms with Crippen LogP contribution in [0.4, 0.5) is 11.4 Å². The highest BCUT2D eigenvalue weighted by Crippen LogP contribution is 2.32. The Balaban J connectivity index is 1.80. The molecule has 1 aromatic heterocycles. The van der Waals surface area contributed by atoms with Gasteiger partial charge >= 0.3 is 0 Å². The smallest absolute Gasteiger partial charge is 0.0424 e. The van der Waals surface area contributed by atoms with Gasteiger partial charge in [0.1, 0.15) is 0 Å². The third-order valence-corrected chi connectivity index (χ3v) is 5.36. The number of hydrogen-bond acceptors (Lipinski definition) is 4. The average Bonchev–Trinajstić information content (AvgIpc) is 2.51. The Bertz CT molecular complexity index is 591. The van der Waals surface area contributed by atoms with Crippen molar-refractivity contribution in [1.29, 1.82) is 0 Å². The second-order valence-corrected chi connectivity index (χ2v) is 6.62. The minimum atomic E-state index is 0.582. The summed E-state index contributed by atoms with van der Waals surface area (Å²) in [6.45, 7) is 0. The molecule has 20 heavy (non-hydrogen) atoms. The Hall–Kier alpha value is -1.42. The molecule has 1 saturated carbocycles. The van der Waals surface area contributed by atoms with Gasteiger partial charge in [0.15, 0.2) is 0 Å². The molecule has 0 unspecified atom stereocenters. The molecule has 3 nitrogen and oxygen atoms in total. The number of benzene rings is 1. The van der Waals surface area contributed by atoms with Crippen LogP contribution in [0.5, 0.6) is 0 Å².